The first kappa shape index (κ1) is 16.5. The molecule has 0 N–H and O–H groups in total. The predicted molar refractivity (Wildman–Crippen MR) is 86.1 cm³/mol. The van der Waals surface area contributed by atoms with E-state index in [1.54, 1.807) is 29.2 Å². The normalized spacial score (nSPS) is 15.2. The third kappa shape index (κ3) is 4.82. The van der Waals surface area contributed by atoms with Crippen LogP contribution in [0.2, 0.25) is 0 Å². The number of hydrogen-bond donors (Lipinski definition) is 0. The van der Waals surface area contributed by atoms with Gasteiger partial charge in [-0.15, -0.1) is 0 Å². The van der Waals surface area contributed by atoms with Gasteiger partial charge in [0.1, 0.15) is 6.10 Å². The van der Waals surface area contributed by atoms with Crippen LogP contribution in [0.15, 0.2) is 43.0 Å². The third-order valence-corrected chi connectivity index (χ3v) is 3.64. The summed E-state index contributed by atoms with van der Waals surface area (Å²) in [5, 5.41) is 8.86. The fraction of sp³-hybridized carbons (Fsp3) is 0.278. The van der Waals surface area contributed by atoms with E-state index >= 15 is 0 Å². The van der Waals surface area contributed by atoms with E-state index in [0.717, 1.165) is 11.6 Å². The molecule has 0 saturated carbocycles. The SMILES string of the molecule is C=CC(=O)OC1CCN(C(=O)/C=C/c2cccc(C#N)c2)CC1. The highest BCUT2D eigenvalue weighted by Gasteiger charge is 2.23. The number of esters is 1. The summed E-state index contributed by atoms with van der Waals surface area (Å²) < 4.78 is 5.18. The van der Waals surface area contributed by atoms with E-state index in [2.05, 4.69) is 12.6 Å². The molecule has 0 atom stereocenters. The van der Waals surface area contributed by atoms with Gasteiger partial charge in [-0.2, -0.15) is 5.26 Å². The molecule has 0 bridgehead atoms. The molecule has 0 spiro atoms. The molecular weight excluding hydrogens is 292 g/mol. The van der Waals surface area contributed by atoms with Crippen LogP contribution in [0.25, 0.3) is 6.08 Å². The standard InChI is InChI=1S/C18H18N2O3/c1-2-18(22)23-16-8-10-20(11-9-16)17(21)7-6-14-4-3-5-15(12-14)13-19/h2-7,12,16H,1,8-11H2/b7-6+. The lowest BCUT2D eigenvalue weighted by atomic mass is 10.1. The van der Waals surface area contributed by atoms with Gasteiger partial charge < -0.3 is 9.64 Å². The molecule has 23 heavy (non-hydrogen) atoms. The Morgan fingerprint density at radius 3 is 2.74 bits per heavy atom. The average Bonchev–Trinajstić information content (AvgIpc) is 2.60. The average molecular weight is 310 g/mol. The quantitative estimate of drug-likeness (QED) is 0.632. The van der Waals surface area contributed by atoms with Crippen LogP contribution in [0.4, 0.5) is 0 Å². The topological polar surface area (TPSA) is 70.4 Å². The van der Waals surface area contributed by atoms with Crippen molar-refractivity contribution in [2.45, 2.75) is 18.9 Å². The summed E-state index contributed by atoms with van der Waals surface area (Å²) in [4.78, 5) is 25.0. The second kappa shape index (κ2) is 7.95. The maximum Gasteiger partial charge on any atom is 0.330 e. The van der Waals surface area contributed by atoms with Crippen molar-refractivity contribution in [3.8, 4) is 6.07 Å². The summed E-state index contributed by atoms with van der Waals surface area (Å²) >= 11 is 0. The second-order valence-corrected chi connectivity index (χ2v) is 5.24. The van der Waals surface area contributed by atoms with Crippen LogP contribution >= 0.6 is 0 Å². The highest BCUT2D eigenvalue weighted by molar-refractivity contribution is 5.91. The molecule has 5 nitrogen and oxygen atoms in total. The second-order valence-electron chi connectivity index (χ2n) is 5.24. The molecule has 1 aliphatic heterocycles. The molecule has 1 aromatic carbocycles. The number of likely N-dealkylation sites (tertiary alicyclic amines) is 1. The summed E-state index contributed by atoms with van der Waals surface area (Å²) in [6, 6.07) is 9.13. The van der Waals surface area contributed by atoms with Crippen LogP contribution in [0.5, 0.6) is 0 Å². The van der Waals surface area contributed by atoms with Gasteiger partial charge in [0.25, 0.3) is 0 Å². The maximum atomic E-state index is 12.2. The van der Waals surface area contributed by atoms with Gasteiger partial charge in [-0.05, 0) is 23.8 Å². The molecule has 0 aromatic heterocycles. The van der Waals surface area contributed by atoms with Crippen LogP contribution in [0.1, 0.15) is 24.0 Å². The van der Waals surface area contributed by atoms with E-state index in [1.807, 2.05) is 6.07 Å². The molecule has 1 saturated heterocycles. The van der Waals surface area contributed by atoms with Crippen molar-refractivity contribution in [3.05, 3.63) is 54.1 Å². The Kier molecular flexibility index (Phi) is 5.70. The van der Waals surface area contributed by atoms with Crippen molar-refractivity contribution in [3.63, 3.8) is 0 Å². The van der Waals surface area contributed by atoms with Gasteiger partial charge in [-0.1, -0.05) is 18.7 Å². The van der Waals surface area contributed by atoms with Crippen LogP contribution in [0, 0.1) is 11.3 Å². The molecule has 0 radical (unpaired) electrons. The van der Waals surface area contributed by atoms with Crippen LogP contribution in [-0.4, -0.2) is 36.0 Å². The zero-order valence-corrected chi connectivity index (χ0v) is 12.8. The number of piperidine rings is 1. The van der Waals surface area contributed by atoms with Crippen LogP contribution in [-0.2, 0) is 14.3 Å². The number of benzene rings is 1. The minimum atomic E-state index is -0.424. The Morgan fingerprint density at radius 2 is 2.09 bits per heavy atom. The van der Waals surface area contributed by atoms with Crippen molar-refractivity contribution in [2.24, 2.45) is 0 Å². The maximum absolute atomic E-state index is 12.2. The molecule has 0 unspecified atom stereocenters. The van der Waals surface area contributed by atoms with Gasteiger partial charge in [-0.3, -0.25) is 4.79 Å². The van der Waals surface area contributed by atoms with Crippen molar-refractivity contribution < 1.29 is 14.3 Å². The molecule has 1 amide bonds. The van der Waals surface area contributed by atoms with E-state index in [0.29, 0.717) is 31.5 Å². The fourth-order valence-corrected chi connectivity index (χ4v) is 2.39. The third-order valence-electron chi connectivity index (χ3n) is 3.64. The Labute approximate surface area is 135 Å². The molecule has 1 aromatic rings. The number of nitriles is 1. The number of ether oxygens (including phenoxy) is 1. The molecule has 1 fully saturated rings. The molecule has 1 aliphatic rings. The van der Waals surface area contributed by atoms with Crippen molar-refractivity contribution in [2.75, 3.05) is 13.1 Å². The lowest BCUT2D eigenvalue weighted by molar-refractivity contribution is -0.145. The number of nitrogens with zero attached hydrogens (tertiary/aromatic N) is 2. The lowest BCUT2D eigenvalue weighted by Crippen LogP contribution is -2.40. The first-order valence-corrected chi connectivity index (χ1v) is 7.42. The van der Waals surface area contributed by atoms with Crippen molar-refractivity contribution >= 4 is 18.0 Å². The monoisotopic (exact) mass is 310 g/mol. The largest absolute Gasteiger partial charge is 0.459 e. The van der Waals surface area contributed by atoms with Crippen molar-refractivity contribution in [1.82, 2.24) is 4.90 Å². The first-order chi connectivity index (χ1) is 11.1. The molecule has 1 heterocycles. The van der Waals surface area contributed by atoms with E-state index in [9.17, 15) is 9.59 Å². The summed E-state index contributed by atoms with van der Waals surface area (Å²) in [7, 11) is 0. The predicted octanol–water partition coefficient (Wildman–Crippen LogP) is 2.29. The van der Waals surface area contributed by atoms with E-state index in [4.69, 9.17) is 10.00 Å². The van der Waals surface area contributed by atoms with E-state index in [1.165, 1.54) is 6.08 Å². The summed E-state index contributed by atoms with van der Waals surface area (Å²) in [5.74, 6) is -0.507. The van der Waals surface area contributed by atoms with Gasteiger partial charge in [0.2, 0.25) is 5.91 Å². The highest BCUT2D eigenvalue weighted by atomic mass is 16.5. The highest BCUT2D eigenvalue weighted by Crippen LogP contribution is 2.15. The number of hydrogen-bond acceptors (Lipinski definition) is 4. The Bertz CT molecular complexity index is 665. The van der Waals surface area contributed by atoms with Crippen molar-refractivity contribution in [1.29, 1.82) is 5.26 Å². The van der Waals surface area contributed by atoms with Crippen LogP contribution in [0.3, 0.4) is 0 Å². The Hall–Kier alpha value is -2.87. The molecule has 5 heteroatoms. The smallest absolute Gasteiger partial charge is 0.330 e. The number of rotatable bonds is 4. The summed E-state index contributed by atoms with van der Waals surface area (Å²) in [6.45, 7) is 4.47. The van der Waals surface area contributed by atoms with Gasteiger partial charge in [0.15, 0.2) is 0 Å². The van der Waals surface area contributed by atoms with Gasteiger partial charge in [0, 0.05) is 38.1 Å². The fourth-order valence-electron chi connectivity index (χ4n) is 2.39. The Balaban J connectivity index is 1.87. The molecule has 0 aliphatic carbocycles. The number of carbonyl (C=O) groups excluding carboxylic acids is 2. The lowest BCUT2D eigenvalue weighted by Gasteiger charge is -2.30. The zero-order chi connectivity index (χ0) is 16.7. The van der Waals surface area contributed by atoms with Gasteiger partial charge >= 0.3 is 5.97 Å². The Morgan fingerprint density at radius 1 is 1.35 bits per heavy atom. The molecule has 2 rings (SSSR count). The van der Waals surface area contributed by atoms with Gasteiger partial charge in [-0.25, -0.2) is 4.79 Å². The number of carbonyl (C=O) groups is 2. The van der Waals surface area contributed by atoms with E-state index in [-0.39, 0.29) is 12.0 Å². The first-order valence-electron chi connectivity index (χ1n) is 7.42. The summed E-state index contributed by atoms with van der Waals surface area (Å²) in [5.41, 5.74) is 1.37. The van der Waals surface area contributed by atoms with E-state index < -0.39 is 5.97 Å². The molecule has 118 valence electrons. The van der Waals surface area contributed by atoms with Crippen LogP contribution < -0.4 is 0 Å². The minimum absolute atomic E-state index is 0.0825. The summed E-state index contributed by atoms with van der Waals surface area (Å²) in [6.07, 6.45) is 5.46. The zero-order valence-electron chi connectivity index (χ0n) is 12.8. The van der Waals surface area contributed by atoms with Gasteiger partial charge in [0.05, 0.1) is 11.6 Å². The number of amides is 1. The minimum Gasteiger partial charge on any atom is -0.459 e. The molecular formula is C18H18N2O3.